The number of halogens is 4. The molecule has 0 saturated heterocycles. The van der Waals surface area contributed by atoms with Gasteiger partial charge < -0.3 is 0 Å². The van der Waals surface area contributed by atoms with Crippen LogP contribution in [0, 0.1) is 11.6 Å². The summed E-state index contributed by atoms with van der Waals surface area (Å²) >= 11 is 8.84. The molecule has 1 atom stereocenters. The first-order valence-electron chi connectivity index (χ1n) is 5.39. The van der Waals surface area contributed by atoms with Crippen LogP contribution in [0.5, 0.6) is 0 Å². The SMILES string of the molecule is NNC(c1ccc(F)c(Cl)c1)c1cccc(Br)c1F. The largest absolute Gasteiger partial charge is 0.271 e. The molecule has 2 aromatic carbocycles. The lowest BCUT2D eigenvalue weighted by molar-refractivity contribution is 0.554. The van der Waals surface area contributed by atoms with E-state index in [4.69, 9.17) is 17.4 Å². The van der Waals surface area contributed by atoms with Crippen LogP contribution in [0.3, 0.4) is 0 Å². The van der Waals surface area contributed by atoms with Crippen LogP contribution in [-0.2, 0) is 0 Å². The molecule has 0 radical (unpaired) electrons. The summed E-state index contributed by atoms with van der Waals surface area (Å²) in [7, 11) is 0. The van der Waals surface area contributed by atoms with Gasteiger partial charge in [-0.1, -0.05) is 29.8 Å². The summed E-state index contributed by atoms with van der Waals surface area (Å²) < 4.78 is 27.5. The maximum Gasteiger partial charge on any atom is 0.142 e. The predicted molar refractivity (Wildman–Crippen MR) is 74.7 cm³/mol. The highest BCUT2D eigenvalue weighted by Gasteiger charge is 2.19. The molecule has 0 fully saturated rings. The Kier molecular flexibility index (Phi) is 4.52. The van der Waals surface area contributed by atoms with Gasteiger partial charge in [0, 0.05) is 5.56 Å². The van der Waals surface area contributed by atoms with Crippen LogP contribution < -0.4 is 11.3 Å². The molecular weight excluding hydrogens is 338 g/mol. The molecule has 0 aromatic heterocycles. The Hall–Kier alpha value is -1.01. The minimum Gasteiger partial charge on any atom is -0.271 e. The highest BCUT2D eigenvalue weighted by atomic mass is 79.9. The number of hydrogen-bond donors (Lipinski definition) is 2. The molecular formula is C13H10BrClF2N2. The van der Waals surface area contributed by atoms with Crippen LogP contribution in [0.25, 0.3) is 0 Å². The molecule has 2 nitrogen and oxygen atoms in total. The summed E-state index contributed by atoms with van der Waals surface area (Å²) in [5, 5.41) is -0.0341. The molecule has 0 aliphatic carbocycles. The fourth-order valence-corrected chi connectivity index (χ4v) is 2.37. The third kappa shape index (κ3) is 2.95. The van der Waals surface area contributed by atoms with Gasteiger partial charge in [-0.3, -0.25) is 5.84 Å². The van der Waals surface area contributed by atoms with Crippen molar-refractivity contribution in [3.8, 4) is 0 Å². The first kappa shape index (κ1) is 14.4. The highest BCUT2D eigenvalue weighted by Crippen LogP contribution is 2.29. The molecule has 0 aliphatic heterocycles. The molecule has 6 heteroatoms. The Balaban J connectivity index is 2.50. The molecule has 0 heterocycles. The van der Waals surface area contributed by atoms with Crippen molar-refractivity contribution in [1.82, 2.24) is 5.43 Å². The molecule has 2 aromatic rings. The Bertz CT molecular complexity index is 607. The van der Waals surface area contributed by atoms with Crippen molar-refractivity contribution in [1.29, 1.82) is 0 Å². The number of nitrogens with one attached hydrogen (secondary N) is 1. The molecule has 0 spiro atoms. The quantitative estimate of drug-likeness (QED) is 0.652. The standard InChI is InChI=1S/C13H10BrClF2N2/c14-9-3-1-2-8(12(9)17)13(19-18)7-4-5-11(16)10(15)6-7/h1-6,13,19H,18H2. The van der Waals surface area contributed by atoms with E-state index in [1.165, 1.54) is 18.2 Å². The Morgan fingerprint density at radius 2 is 1.95 bits per heavy atom. The van der Waals surface area contributed by atoms with Gasteiger partial charge in [0.1, 0.15) is 11.6 Å². The lowest BCUT2D eigenvalue weighted by atomic mass is 9.99. The van der Waals surface area contributed by atoms with Gasteiger partial charge in [-0.15, -0.1) is 0 Å². The molecule has 0 amide bonds. The zero-order valence-corrected chi connectivity index (χ0v) is 12.0. The van der Waals surface area contributed by atoms with E-state index < -0.39 is 17.7 Å². The Morgan fingerprint density at radius 1 is 1.21 bits per heavy atom. The first-order chi connectivity index (χ1) is 9.04. The predicted octanol–water partition coefficient (Wildman–Crippen LogP) is 3.93. The van der Waals surface area contributed by atoms with Crippen molar-refractivity contribution < 1.29 is 8.78 Å². The second-order valence-corrected chi connectivity index (χ2v) is 5.18. The number of nitrogens with two attached hydrogens (primary N) is 1. The van der Waals surface area contributed by atoms with Gasteiger partial charge in [0.15, 0.2) is 0 Å². The van der Waals surface area contributed by atoms with Crippen molar-refractivity contribution in [3.05, 3.63) is 68.7 Å². The van der Waals surface area contributed by atoms with E-state index in [1.807, 2.05) is 0 Å². The molecule has 0 aliphatic rings. The van der Waals surface area contributed by atoms with Crippen molar-refractivity contribution >= 4 is 27.5 Å². The van der Waals surface area contributed by atoms with E-state index in [2.05, 4.69) is 21.4 Å². The summed E-state index contributed by atoms with van der Waals surface area (Å²) in [6.07, 6.45) is 0. The van der Waals surface area contributed by atoms with E-state index in [1.54, 1.807) is 18.2 Å². The molecule has 0 bridgehead atoms. The minimum atomic E-state index is -0.615. The lowest BCUT2D eigenvalue weighted by Gasteiger charge is -2.18. The lowest BCUT2D eigenvalue weighted by Crippen LogP contribution is -2.29. The van der Waals surface area contributed by atoms with Crippen LogP contribution in [0.15, 0.2) is 40.9 Å². The van der Waals surface area contributed by atoms with Gasteiger partial charge >= 0.3 is 0 Å². The van der Waals surface area contributed by atoms with Crippen LogP contribution in [0.1, 0.15) is 17.2 Å². The van der Waals surface area contributed by atoms with Crippen LogP contribution in [-0.4, -0.2) is 0 Å². The maximum absolute atomic E-state index is 14.1. The Labute approximate surface area is 122 Å². The van der Waals surface area contributed by atoms with E-state index in [0.717, 1.165) is 0 Å². The Morgan fingerprint density at radius 3 is 2.58 bits per heavy atom. The van der Waals surface area contributed by atoms with Crippen molar-refractivity contribution in [2.75, 3.05) is 0 Å². The number of hydrazine groups is 1. The minimum absolute atomic E-state index is 0.0341. The molecule has 1 unspecified atom stereocenters. The van der Waals surface area contributed by atoms with Gasteiger partial charge in [-0.2, -0.15) is 0 Å². The third-order valence-corrected chi connectivity index (χ3v) is 3.64. The third-order valence-electron chi connectivity index (χ3n) is 2.74. The summed E-state index contributed by atoms with van der Waals surface area (Å²) in [5.74, 6) is 4.52. The second kappa shape index (κ2) is 5.96. The molecule has 0 saturated carbocycles. The fraction of sp³-hybridized carbons (Fsp3) is 0.0769. The monoisotopic (exact) mass is 346 g/mol. The van der Waals surface area contributed by atoms with Gasteiger partial charge in [0.2, 0.25) is 0 Å². The molecule has 3 N–H and O–H groups in total. The topological polar surface area (TPSA) is 38.0 Å². The smallest absolute Gasteiger partial charge is 0.142 e. The van der Waals surface area contributed by atoms with E-state index >= 15 is 0 Å². The first-order valence-corrected chi connectivity index (χ1v) is 6.56. The summed E-state index contributed by atoms with van der Waals surface area (Å²) in [6.45, 7) is 0. The normalized spacial score (nSPS) is 12.5. The summed E-state index contributed by atoms with van der Waals surface area (Å²) in [4.78, 5) is 0. The van der Waals surface area contributed by atoms with Gasteiger partial charge in [0.05, 0.1) is 15.5 Å². The van der Waals surface area contributed by atoms with Crippen molar-refractivity contribution in [3.63, 3.8) is 0 Å². The fourth-order valence-electron chi connectivity index (χ4n) is 1.80. The highest BCUT2D eigenvalue weighted by molar-refractivity contribution is 9.10. The average molecular weight is 348 g/mol. The van der Waals surface area contributed by atoms with Crippen LogP contribution >= 0.6 is 27.5 Å². The van der Waals surface area contributed by atoms with Crippen molar-refractivity contribution in [2.45, 2.75) is 6.04 Å². The number of hydrogen-bond acceptors (Lipinski definition) is 2. The average Bonchev–Trinajstić information content (AvgIpc) is 2.39. The van der Waals surface area contributed by atoms with Crippen LogP contribution in [0.2, 0.25) is 5.02 Å². The maximum atomic E-state index is 14.1. The van der Waals surface area contributed by atoms with Crippen molar-refractivity contribution in [2.24, 2.45) is 5.84 Å². The second-order valence-electron chi connectivity index (χ2n) is 3.92. The summed E-state index contributed by atoms with van der Waals surface area (Å²) in [6, 6.07) is 8.41. The van der Waals surface area contributed by atoms with Gasteiger partial charge in [-0.05, 0) is 39.7 Å². The van der Waals surface area contributed by atoms with Gasteiger partial charge in [-0.25, -0.2) is 14.2 Å². The summed E-state index contributed by atoms with van der Waals surface area (Å²) in [5.41, 5.74) is 3.43. The van der Waals surface area contributed by atoms with Crippen LogP contribution in [0.4, 0.5) is 8.78 Å². The zero-order valence-electron chi connectivity index (χ0n) is 9.63. The van der Waals surface area contributed by atoms with Gasteiger partial charge in [0.25, 0.3) is 0 Å². The van der Waals surface area contributed by atoms with E-state index in [9.17, 15) is 8.78 Å². The number of benzene rings is 2. The van der Waals surface area contributed by atoms with E-state index in [0.29, 0.717) is 15.6 Å². The zero-order chi connectivity index (χ0) is 14.0. The van der Waals surface area contributed by atoms with E-state index in [-0.39, 0.29) is 5.02 Å². The number of rotatable bonds is 3. The molecule has 100 valence electrons. The molecule has 19 heavy (non-hydrogen) atoms. The molecule has 2 rings (SSSR count).